The van der Waals surface area contributed by atoms with Crippen molar-refractivity contribution >= 4 is 11.7 Å². The number of nitrogen functional groups attached to an aromatic ring is 1. The summed E-state index contributed by atoms with van der Waals surface area (Å²) in [6.07, 6.45) is 1.43. The number of hydrogen-bond acceptors (Lipinski definition) is 5. The van der Waals surface area contributed by atoms with Gasteiger partial charge in [0, 0.05) is 17.3 Å². The fraction of sp³-hybridized carbons (Fsp3) is 0.0588. The van der Waals surface area contributed by atoms with E-state index in [4.69, 9.17) is 10.5 Å². The summed E-state index contributed by atoms with van der Waals surface area (Å²) in [5.41, 5.74) is 7.92. The Hall–Kier alpha value is -3.28. The quantitative estimate of drug-likeness (QED) is 0.737. The smallest absolute Gasteiger partial charge is 0.141 e. The Morgan fingerprint density at radius 1 is 1.22 bits per heavy atom. The van der Waals surface area contributed by atoms with Crippen LogP contribution in [0.2, 0.25) is 0 Å². The summed E-state index contributed by atoms with van der Waals surface area (Å²) in [4.78, 5) is 11.4. The summed E-state index contributed by atoms with van der Waals surface area (Å²) in [6.45, 7) is 0. The first-order valence-corrected chi connectivity index (χ1v) is 6.90. The minimum Gasteiger partial charge on any atom is -0.545 e. The lowest BCUT2D eigenvalue weighted by molar-refractivity contribution is -0.254. The van der Waals surface area contributed by atoms with Crippen molar-refractivity contribution < 1.29 is 14.6 Å². The highest BCUT2D eigenvalue weighted by atomic mass is 16.5. The molecular weight excluding hydrogens is 294 g/mol. The lowest BCUT2D eigenvalue weighted by Crippen LogP contribution is -2.22. The van der Waals surface area contributed by atoms with Gasteiger partial charge in [0.05, 0.1) is 24.5 Å². The van der Waals surface area contributed by atoms with E-state index in [-0.39, 0.29) is 5.56 Å². The van der Waals surface area contributed by atoms with Crippen LogP contribution in [0.1, 0.15) is 10.4 Å². The van der Waals surface area contributed by atoms with Crippen LogP contribution in [-0.2, 0) is 0 Å². The molecule has 0 aliphatic carbocycles. The molecule has 0 atom stereocenters. The van der Waals surface area contributed by atoms with E-state index in [0.717, 1.165) is 5.69 Å². The molecule has 0 radical (unpaired) electrons. The third kappa shape index (κ3) is 2.74. The van der Waals surface area contributed by atoms with Gasteiger partial charge in [-0.3, -0.25) is 0 Å². The van der Waals surface area contributed by atoms with Crippen LogP contribution in [0.3, 0.4) is 0 Å². The molecule has 1 heterocycles. The number of nitrogens with zero attached hydrogens (tertiary/aromatic N) is 2. The molecule has 0 saturated carbocycles. The van der Waals surface area contributed by atoms with Gasteiger partial charge < -0.3 is 20.4 Å². The molecule has 1 aromatic heterocycles. The number of ether oxygens (including phenoxy) is 1. The molecule has 0 amide bonds. The molecular formula is C17H14N3O3-. The van der Waals surface area contributed by atoms with Crippen molar-refractivity contribution in [3.8, 4) is 22.7 Å². The molecule has 0 unspecified atom stereocenters. The fourth-order valence-electron chi connectivity index (χ4n) is 2.33. The number of para-hydroxylation sites is 1. The molecule has 0 spiro atoms. The van der Waals surface area contributed by atoms with Crippen molar-refractivity contribution in [2.75, 3.05) is 12.8 Å². The van der Waals surface area contributed by atoms with E-state index in [1.54, 1.807) is 18.2 Å². The van der Waals surface area contributed by atoms with Gasteiger partial charge in [-0.15, -0.1) is 0 Å². The zero-order valence-corrected chi connectivity index (χ0v) is 12.4. The highest BCUT2D eigenvalue weighted by Crippen LogP contribution is 2.29. The molecule has 0 saturated heterocycles. The fourth-order valence-corrected chi connectivity index (χ4v) is 2.33. The first kappa shape index (κ1) is 14.6. The van der Waals surface area contributed by atoms with Crippen LogP contribution in [0.5, 0.6) is 5.75 Å². The average molecular weight is 308 g/mol. The molecule has 23 heavy (non-hydrogen) atoms. The molecule has 2 N–H and O–H groups in total. The van der Waals surface area contributed by atoms with Gasteiger partial charge in [0.1, 0.15) is 11.4 Å². The summed E-state index contributed by atoms with van der Waals surface area (Å²) in [6, 6.07) is 14.2. The Kier molecular flexibility index (Phi) is 3.72. The number of anilines is 1. The van der Waals surface area contributed by atoms with Crippen LogP contribution < -0.4 is 15.6 Å². The zero-order chi connectivity index (χ0) is 16.4. The monoisotopic (exact) mass is 308 g/mol. The largest absolute Gasteiger partial charge is 0.545 e. The van der Waals surface area contributed by atoms with E-state index in [9.17, 15) is 9.90 Å². The first-order chi connectivity index (χ1) is 11.1. The molecule has 3 rings (SSSR count). The SMILES string of the molecule is COc1ccc(-c2nn(-c3ccccc3)cc2C(=O)[O-])cc1N. The first-order valence-electron chi connectivity index (χ1n) is 6.90. The van der Waals surface area contributed by atoms with Crippen molar-refractivity contribution in [1.82, 2.24) is 9.78 Å². The summed E-state index contributed by atoms with van der Waals surface area (Å²) in [5, 5.41) is 15.8. The molecule has 0 bridgehead atoms. The number of carbonyl (C=O) groups is 1. The van der Waals surface area contributed by atoms with E-state index in [1.165, 1.54) is 18.0 Å². The minimum atomic E-state index is -1.29. The van der Waals surface area contributed by atoms with Crippen molar-refractivity contribution in [2.24, 2.45) is 0 Å². The van der Waals surface area contributed by atoms with Crippen LogP contribution in [-0.4, -0.2) is 22.9 Å². The maximum absolute atomic E-state index is 11.4. The summed E-state index contributed by atoms with van der Waals surface area (Å²) in [5.74, 6) is -0.775. The maximum atomic E-state index is 11.4. The highest BCUT2D eigenvalue weighted by molar-refractivity contribution is 5.93. The van der Waals surface area contributed by atoms with Gasteiger partial charge in [0.2, 0.25) is 0 Å². The average Bonchev–Trinajstić information content (AvgIpc) is 3.01. The van der Waals surface area contributed by atoms with Crippen LogP contribution in [0.4, 0.5) is 5.69 Å². The van der Waals surface area contributed by atoms with E-state index < -0.39 is 5.97 Å². The molecule has 0 fully saturated rings. The number of methoxy groups -OCH3 is 1. The van der Waals surface area contributed by atoms with Crippen LogP contribution in [0.15, 0.2) is 54.7 Å². The Bertz CT molecular complexity index is 857. The molecule has 116 valence electrons. The van der Waals surface area contributed by atoms with Gasteiger partial charge in [-0.2, -0.15) is 5.10 Å². The number of benzene rings is 2. The minimum absolute atomic E-state index is 0.00146. The second-order valence-electron chi connectivity index (χ2n) is 4.92. The van der Waals surface area contributed by atoms with Crippen molar-refractivity contribution in [2.45, 2.75) is 0 Å². The van der Waals surface area contributed by atoms with Crippen molar-refractivity contribution in [1.29, 1.82) is 0 Å². The standard InChI is InChI=1S/C17H15N3O3/c1-23-15-8-7-11(9-14(15)18)16-13(17(21)22)10-20(19-16)12-5-3-2-4-6-12/h2-10H,18H2,1H3,(H,21,22)/p-1. The Morgan fingerprint density at radius 3 is 2.57 bits per heavy atom. The van der Waals surface area contributed by atoms with Crippen LogP contribution >= 0.6 is 0 Å². The van der Waals surface area contributed by atoms with E-state index >= 15 is 0 Å². The highest BCUT2D eigenvalue weighted by Gasteiger charge is 2.14. The normalized spacial score (nSPS) is 10.5. The lowest BCUT2D eigenvalue weighted by atomic mass is 10.1. The molecule has 0 aliphatic rings. The molecule has 3 aromatic rings. The van der Waals surface area contributed by atoms with E-state index in [0.29, 0.717) is 22.7 Å². The Labute approximate surface area is 132 Å². The number of nitrogens with two attached hydrogens (primary N) is 1. The zero-order valence-electron chi connectivity index (χ0n) is 12.4. The Balaban J connectivity index is 2.13. The van der Waals surface area contributed by atoms with Gasteiger partial charge in [-0.1, -0.05) is 18.2 Å². The summed E-state index contributed by atoms with van der Waals surface area (Å²) >= 11 is 0. The number of carbonyl (C=O) groups excluding carboxylic acids is 1. The van der Waals surface area contributed by atoms with Gasteiger partial charge in [-0.05, 0) is 30.3 Å². The molecule has 6 heteroatoms. The van der Waals surface area contributed by atoms with Crippen LogP contribution in [0.25, 0.3) is 16.9 Å². The predicted molar refractivity (Wildman–Crippen MR) is 84.3 cm³/mol. The van der Waals surface area contributed by atoms with Crippen molar-refractivity contribution in [3.63, 3.8) is 0 Å². The van der Waals surface area contributed by atoms with Gasteiger partial charge in [-0.25, -0.2) is 4.68 Å². The van der Waals surface area contributed by atoms with Gasteiger partial charge in [0.25, 0.3) is 0 Å². The van der Waals surface area contributed by atoms with Crippen LogP contribution in [0, 0.1) is 0 Å². The third-order valence-corrected chi connectivity index (χ3v) is 3.46. The second kappa shape index (κ2) is 5.84. The van der Waals surface area contributed by atoms with Gasteiger partial charge in [0.15, 0.2) is 0 Å². The molecule has 0 aliphatic heterocycles. The molecule has 6 nitrogen and oxygen atoms in total. The summed E-state index contributed by atoms with van der Waals surface area (Å²) in [7, 11) is 1.52. The number of carboxylic acid groups (broad SMARTS) is 1. The summed E-state index contributed by atoms with van der Waals surface area (Å²) < 4.78 is 6.61. The lowest BCUT2D eigenvalue weighted by Gasteiger charge is -2.07. The third-order valence-electron chi connectivity index (χ3n) is 3.46. The van der Waals surface area contributed by atoms with E-state index in [1.807, 2.05) is 30.3 Å². The number of aromatic carboxylic acids is 1. The van der Waals surface area contributed by atoms with Gasteiger partial charge >= 0.3 is 0 Å². The Morgan fingerprint density at radius 2 is 1.96 bits per heavy atom. The number of aromatic nitrogens is 2. The number of hydrogen-bond donors (Lipinski definition) is 1. The van der Waals surface area contributed by atoms with Crippen molar-refractivity contribution in [3.05, 3.63) is 60.3 Å². The van der Waals surface area contributed by atoms with E-state index in [2.05, 4.69) is 5.10 Å². The second-order valence-corrected chi connectivity index (χ2v) is 4.92. The topological polar surface area (TPSA) is 93.2 Å². The predicted octanol–water partition coefficient (Wildman–Crippen LogP) is 1.49. The number of carboxylic acids is 1. The maximum Gasteiger partial charge on any atom is 0.141 e. The number of rotatable bonds is 4. The molecule has 2 aromatic carbocycles.